The number of nitrogens with one attached hydrogen (secondary N) is 2. The SMILES string of the molecule is CC(=O)Nc1ccc(CC(=O)Nc2cc(C(F)(F)F)ccc2N2CCN(C)CC2)cc1. The molecule has 0 saturated carbocycles. The maximum atomic E-state index is 13.2. The minimum Gasteiger partial charge on any atom is -0.367 e. The van der Waals surface area contributed by atoms with Crippen molar-refractivity contribution in [1.82, 2.24) is 4.90 Å². The van der Waals surface area contributed by atoms with Gasteiger partial charge in [-0.1, -0.05) is 12.1 Å². The third-order valence-electron chi connectivity index (χ3n) is 5.08. The fourth-order valence-corrected chi connectivity index (χ4v) is 3.42. The van der Waals surface area contributed by atoms with Gasteiger partial charge in [-0.25, -0.2) is 0 Å². The molecule has 9 heteroatoms. The first-order chi connectivity index (χ1) is 14.6. The highest BCUT2D eigenvalue weighted by Gasteiger charge is 2.32. The lowest BCUT2D eigenvalue weighted by molar-refractivity contribution is -0.137. The van der Waals surface area contributed by atoms with Crippen LogP contribution >= 0.6 is 0 Å². The lowest BCUT2D eigenvalue weighted by Gasteiger charge is -2.35. The smallest absolute Gasteiger partial charge is 0.367 e. The van der Waals surface area contributed by atoms with Crippen LogP contribution in [0.15, 0.2) is 42.5 Å². The first-order valence-corrected chi connectivity index (χ1v) is 9.93. The maximum Gasteiger partial charge on any atom is 0.416 e. The van der Waals surface area contributed by atoms with E-state index in [0.717, 1.165) is 25.2 Å². The summed E-state index contributed by atoms with van der Waals surface area (Å²) in [7, 11) is 1.99. The molecule has 1 aliphatic rings. The Bertz CT molecular complexity index is 937. The zero-order valence-electron chi connectivity index (χ0n) is 17.4. The molecule has 2 N–H and O–H groups in total. The van der Waals surface area contributed by atoms with Gasteiger partial charge in [0.05, 0.1) is 23.4 Å². The number of nitrogens with zero attached hydrogens (tertiary/aromatic N) is 2. The van der Waals surface area contributed by atoms with Gasteiger partial charge in [0.1, 0.15) is 0 Å². The summed E-state index contributed by atoms with van der Waals surface area (Å²) in [4.78, 5) is 27.8. The van der Waals surface area contributed by atoms with Gasteiger partial charge in [0.2, 0.25) is 11.8 Å². The van der Waals surface area contributed by atoms with Gasteiger partial charge >= 0.3 is 6.18 Å². The number of benzene rings is 2. The van der Waals surface area contributed by atoms with Gasteiger partial charge in [-0.2, -0.15) is 13.2 Å². The average molecular weight is 434 g/mol. The molecule has 0 bridgehead atoms. The van der Waals surface area contributed by atoms with E-state index >= 15 is 0 Å². The number of hydrogen-bond acceptors (Lipinski definition) is 4. The van der Waals surface area contributed by atoms with E-state index < -0.39 is 17.6 Å². The summed E-state index contributed by atoms with van der Waals surface area (Å²) in [6.45, 7) is 4.29. The van der Waals surface area contributed by atoms with E-state index in [2.05, 4.69) is 15.5 Å². The molecule has 1 heterocycles. The predicted octanol–water partition coefficient (Wildman–Crippen LogP) is 3.60. The minimum atomic E-state index is -4.50. The summed E-state index contributed by atoms with van der Waals surface area (Å²) in [5, 5.41) is 5.30. The van der Waals surface area contributed by atoms with Crippen LogP contribution in [-0.4, -0.2) is 49.9 Å². The predicted molar refractivity (Wildman–Crippen MR) is 114 cm³/mol. The zero-order valence-corrected chi connectivity index (χ0v) is 17.4. The quantitative estimate of drug-likeness (QED) is 0.755. The van der Waals surface area contributed by atoms with Gasteiger partial charge in [0, 0.05) is 38.8 Å². The normalized spacial score (nSPS) is 14.9. The van der Waals surface area contributed by atoms with E-state index in [0.29, 0.717) is 30.0 Å². The Balaban J connectivity index is 1.77. The first kappa shape index (κ1) is 22.6. The number of hydrogen-bond donors (Lipinski definition) is 2. The van der Waals surface area contributed by atoms with Gasteiger partial charge in [0.15, 0.2) is 0 Å². The van der Waals surface area contributed by atoms with Gasteiger partial charge in [-0.3, -0.25) is 9.59 Å². The molecule has 0 aliphatic carbocycles. The first-order valence-electron chi connectivity index (χ1n) is 9.93. The van der Waals surface area contributed by atoms with Crippen molar-refractivity contribution in [2.75, 3.05) is 48.8 Å². The van der Waals surface area contributed by atoms with Crippen molar-refractivity contribution >= 4 is 28.9 Å². The number of carbonyl (C=O) groups excluding carboxylic acids is 2. The van der Waals surface area contributed by atoms with Gasteiger partial charge in [-0.15, -0.1) is 0 Å². The Kier molecular flexibility index (Phi) is 6.84. The highest BCUT2D eigenvalue weighted by molar-refractivity contribution is 5.96. The number of carbonyl (C=O) groups is 2. The summed E-state index contributed by atoms with van der Waals surface area (Å²) >= 11 is 0. The van der Waals surface area contributed by atoms with E-state index in [4.69, 9.17) is 0 Å². The van der Waals surface area contributed by atoms with Crippen molar-refractivity contribution in [2.24, 2.45) is 0 Å². The second kappa shape index (κ2) is 9.38. The molecule has 2 aromatic rings. The molecular weight excluding hydrogens is 409 g/mol. The second-order valence-electron chi connectivity index (χ2n) is 7.62. The number of alkyl halides is 3. The molecule has 0 atom stereocenters. The molecule has 31 heavy (non-hydrogen) atoms. The van der Waals surface area contributed by atoms with Crippen LogP contribution in [0.2, 0.25) is 0 Å². The number of anilines is 3. The van der Waals surface area contributed by atoms with Crippen molar-refractivity contribution in [3.05, 3.63) is 53.6 Å². The van der Waals surface area contributed by atoms with E-state index in [1.807, 2.05) is 11.9 Å². The molecule has 0 radical (unpaired) electrons. The number of amides is 2. The molecule has 3 rings (SSSR count). The van der Waals surface area contributed by atoms with E-state index in [1.54, 1.807) is 24.3 Å². The summed E-state index contributed by atoms with van der Waals surface area (Å²) < 4.78 is 39.7. The molecule has 2 aromatic carbocycles. The average Bonchev–Trinajstić information content (AvgIpc) is 2.69. The van der Waals surface area contributed by atoms with E-state index in [-0.39, 0.29) is 18.0 Å². The summed E-state index contributed by atoms with van der Waals surface area (Å²) in [6.07, 6.45) is -4.50. The molecular formula is C22H25F3N4O2. The minimum absolute atomic E-state index is 0.00122. The molecule has 166 valence electrons. The van der Waals surface area contributed by atoms with Crippen LogP contribution in [0.25, 0.3) is 0 Å². The second-order valence-corrected chi connectivity index (χ2v) is 7.62. The Morgan fingerprint density at radius 2 is 1.61 bits per heavy atom. The largest absolute Gasteiger partial charge is 0.416 e. The van der Waals surface area contributed by atoms with Crippen LogP contribution in [0.3, 0.4) is 0 Å². The van der Waals surface area contributed by atoms with E-state index in [9.17, 15) is 22.8 Å². The van der Waals surface area contributed by atoms with Crippen LogP contribution < -0.4 is 15.5 Å². The topological polar surface area (TPSA) is 64.7 Å². The monoisotopic (exact) mass is 434 g/mol. The van der Waals surface area contributed by atoms with Crippen LogP contribution in [-0.2, 0) is 22.2 Å². The summed E-state index contributed by atoms with van der Waals surface area (Å²) in [5.74, 6) is -0.617. The third-order valence-corrected chi connectivity index (χ3v) is 5.08. The fourth-order valence-electron chi connectivity index (χ4n) is 3.42. The molecule has 0 spiro atoms. The maximum absolute atomic E-state index is 13.2. The van der Waals surface area contributed by atoms with E-state index in [1.165, 1.54) is 13.0 Å². The number of rotatable bonds is 5. The van der Waals surface area contributed by atoms with Crippen LogP contribution in [0, 0.1) is 0 Å². The Labute approximate surface area is 179 Å². The van der Waals surface area contributed by atoms with Gasteiger partial charge < -0.3 is 20.4 Å². The number of piperazine rings is 1. The van der Waals surface area contributed by atoms with Gasteiger partial charge in [-0.05, 0) is 42.9 Å². The van der Waals surface area contributed by atoms with Crippen molar-refractivity contribution in [2.45, 2.75) is 19.5 Å². The molecule has 0 unspecified atom stereocenters. The Hall–Kier alpha value is -3.07. The summed E-state index contributed by atoms with van der Waals surface area (Å²) in [6, 6.07) is 10.2. The molecule has 1 fully saturated rings. The molecule has 1 saturated heterocycles. The molecule has 6 nitrogen and oxygen atoms in total. The Morgan fingerprint density at radius 3 is 2.19 bits per heavy atom. The Morgan fingerprint density at radius 1 is 0.968 bits per heavy atom. The number of halogens is 3. The highest BCUT2D eigenvalue weighted by atomic mass is 19.4. The highest BCUT2D eigenvalue weighted by Crippen LogP contribution is 2.36. The van der Waals surface area contributed by atoms with Gasteiger partial charge in [0.25, 0.3) is 0 Å². The van der Waals surface area contributed by atoms with Crippen molar-refractivity contribution in [3.63, 3.8) is 0 Å². The lowest BCUT2D eigenvalue weighted by Crippen LogP contribution is -2.44. The summed E-state index contributed by atoms with van der Waals surface area (Å²) in [5.41, 5.74) is 1.21. The lowest BCUT2D eigenvalue weighted by atomic mass is 10.1. The third kappa shape index (κ3) is 6.21. The van der Waals surface area contributed by atoms with Crippen LogP contribution in [0.4, 0.5) is 30.2 Å². The van der Waals surface area contributed by atoms with Crippen molar-refractivity contribution in [1.29, 1.82) is 0 Å². The van der Waals surface area contributed by atoms with Crippen LogP contribution in [0.1, 0.15) is 18.1 Å². The number of likely N-dealkylation sites (N-methyl/N-ethyl adjacent to an activating group) is 1. The van der Waals surface area contributed by atoms with Crippen molar-refractivity contribution in [3.8, 4) is 0 Å². The molecule has 1 aliphatic heterocycles. The van der Waals surface area contributed by atoms with Crippen molar-refractivity contribution < 1.29 is 22.8 Å². The van der Waals surface area contributed by atoms with Crippen LogP contribution in [0.5, 0.6) is 0 Å². The standard InChI is InChI=1S/C22H25F3N4O2/c1-15(30)26-18-6-3-16(4-7-18)13-21(31)27-19-14-17(22(23,24)25)5-8-20(19)29-11-9-28(2)10-12-29/h3-8,14H,9-13H2,1-2H3,(H,26,30)(H,27,31). The fraction of sp³-hybridized carbons (Fsp3) is 0.364. The zero-order chi connectivity index (χ0) is 22.6. The molecule has 0 aromatic heterocycles. The molecule has 2 amide bonds.